The topological polar surface area (TPSA) is 168 Å². The highest BCUT2D eigenvalue weighted by Crippen LogP contribution is 2.30. The van der Waals surface area contributed by atoms with Crippen LogP contribution in [0, 0.1) is 11.8 Å². The number of tetrazole rings is 1. The normalized spacial score (nSPS) is 16.7. The Kier molecular flexibility index (Phi) is 11.2. The van der Waals surface area contributed by atoms with Gasteiger partial charge in [-0.05, 0) is 84.8 Å². The molecule has 230 valence electrons. The summed E-state index contributed by atoms with van der Waals surface area (Å²) in [6.07, 6.45) is 3.67. The van der Waals surface area contributed by atoms with E-state index in [0.29, 0.717) is 30.4 Å². The number of aromatic amines is 1. The van der Waals surface area contributed by atoms with Crippen LogP contribution in [0.3, 0.4) is 0 Å². The third-order valence-corrected chi connectivity index (χ3v) is 7.88. The van der Waals surface area contributed by atoms with Crippen LogP contribution in [0.1, 0.15) is 38.2 Å². The molecule has 3 aromatic carbocycles. The molecule has 1 aliphatic rings. The molecule has 1 heterocycles. The molecule has 1 saturated carbocycles. The molecule has 0 aliphatic heterocycles. The Bertz CT molecular complexity index is 1540. The fourth-order valence-electron chi connectivity index (χ4n) is 5.46. The van der Waals surface area contributed by atoms with E-state index >= 15 is 0 Å². The van der Waals surface area contributed by atoms with E-state index in [1.54, 1.807) is 24.3 Å². The number of aromatic nitrogens is 4. The summed E-state index contributed by atoms with van der Waals surface area (Å²) in [7, 11) is 0. The summed E-state index contributed by atoms with van der Waals surface area (Å²) in [5.41, 5.74) is 10.6. The number of nitrogens with two attached hydrogens (primary N) is 1. The van der Waals surface area contributed by atoms with Gasteiger partial charge in [0, 0.05) is 41.8 Å². The van der Waals surface area contributed by atoms with Gasteiger partial charge in [-0.1, -0.05) is 42.5 Å². The van der Waals surface area contributed by atoms with Crippen LogP contribution in [0.5, 0.6) is 0 Å². The van der Waals surface area contributed by atoms with Crippen LogP contribution in [-0.4, -0.2) is 50.9 Å². The lowest BCUT2D eigenvalue weighted by Gasteiger charge is -2.28. The van der Waals surface area contributed by atoms with Gasteiger partial charge in [0.05, 0.1) is 0 Å². The van der Waals surface area contributed by atoms with Crippen molar-refractivity contribution in [1.82, 2.24) is 25.9 Å². The number of para-hydroxylation sites is 1. The van der Waals surface area contributed by atoms with Crippen molar-refractivity contribution in [3.63, 3.8) is 0 Å². The van der Waals surface area contributed by atoms with E-state index < -0.39 is 6.04 Å². The summed E-state index contributed by atoms with van der Waals surface area (Å²) in [6.45, 7) is 2.11. The van der Waals surface area contributed by atoms with Gasteiger partial charge in [0.1, 0.15) is 6.04 Å². The zero-order valence-electron chi connectivity index (χ0n) is 24.5. The number of hydrogen-bond acceptors (Lipinski definition) is 7. The van der Waals surface area contributed by atoms with E-state index in [1.807, 2.05) is 48.5 Å². The zero-order valence-corrected chi connectivity index (χ0v) is 25.3. The predicted molar refractivity (Wildman–Crippen MR) is 172 cm³/mol. The fourth-order valence-corrected chi connectivity index (χ4v) is 5.46. The number of nitrogens with one attached hydrogen (secondary N) is 4. The molecular formula is C32H37ClN8O3. The van der Waals surface area contributed by atoms with Gasteiger partial charge in [0.25, 0.3) is 0 Å². The van der Waals surface area contributed by atoms with Crippen LogP contribution >= 0.6 is 12.4 Å². The number of anilines is 2. The minimum absolute atomic E-state index is 0. The third kappa shape index (κ3) is 8.27. The fraction of sp³-hybridized carbons (Fsp3) is 0.312. The highest BCUT2D eigenvalue weighted by Gasteiger charge is 2.29. The molecule has 0 unspecified atom stereocenters. The van der Waals surface area contributed by atoms with E-state index in [2.05, 4.69) is 36.6 Å². The molecule has 44 heavy (non-hydrogen) atoms. The summed E-state index contributed by atoms with van der Waals surface area (Å²) >= 11 is 0. The molecule has 1 fully saturated rings. The van der Waals surface area contributed by atoms with Gasteiger partial charge in [0.15, 0.2) is 0 Å². The van der Waals surface area contributed by atoms with Gasteiger partial charge < -0.3 is 21.7 Å². The summed E-state index contributed by atoms with van der Waals surface area (Å²) in [5, 5.41) is 22.8. The number of carbonyl (C=O) groups is 3. The summed E-state index contributed by atoms with van der Waals surface area (Å²) < 4.78 is 0. The Labute approximate surface area is 262 Å². The maximum absolute atomic E-state index is 13.6. The quantitative estimate of drug-likeness (QED) is 0.176. The van der Waals surface area contributed by atoms with E-state index in [1.165, 1.54) is 6.92 Å². The van der Waals surface area contributed by atoms with Crippen LogP contribution in [-0.2, 0) is 20.8 Å². The lowest BCUT2D eigenvalue weighted by atomic mass is 9.81. The maximum Gasteiger partial charge on any atom is 0.247 e. The van der Waals surface area contributed by atoms with Crippen molar-refractivity contribution in [2.24, 2.45) is 17.6 Å². The molecule has 3 amide bonds. The number of rotatable bonds is 10. The number of carbonyl (C=O) groups excluding carboxylic acids is 3. The molecule has 4 aromatic rings. The number of nitrogens with zero attached hydrogens (tertiary/aromatic N) is 3. The first-order chi connectivity index (χ1) is 20.9. The molecule has 0 spiro atoms. The lowest BCUT2D eigenvalue weighted by molar-refractivity contribution is -0.130. The number of hydrogen-bond donors (Lipinski definition) is 5. The Morgan fingerprint density at radius 3 is 2.23 bits per heavy atom. The number of benzene rings is 3. The van der Waals surface area contributed by atoms with E-state index in [4.69, 9.17) is 5.73 Å². The number of amides is 3. The molecule has 0 bridgehead atoms. The van der Waals surface area contributed by atoms with E-state index in [-0.39, 0.29) is 36.0 Å². The average molecular weight is 617 g/mol. The maximum atomic E-state index is 13.6. The third-order valence-electron chi connectivity index (χ3n) is 7.88. The highest BCUT2D eigenvalue weighted by atomic mass is 35.5. The van der Waals surface area contributed by atoms with Gasteiger partial charge in [-0.3, -0.25) is 14.4 Å². The standard InChI is InChI=1S/C32H36N8O3.ClH/c1-20(41)34-28-5-3-2-4-27(28)23-10-6-21(7-11-23)18-29(36-31(42)25-12-8-22(19-33)9-13-25)32(43)35-26-16-14-24(15-17-26)30-37-39-40-38-30;/h2-7,10-11,14-17,22,25,29H,8-9,12-13,18-19,33H2,1H3,(H,34,41)(H,35,43)(H,36,42)(H,37,38,39,40);1H/t22-,25-,29-;/m0./s1. The van der Waals surface area contributed by atoms with Crippen molar-refractivity contribution in [1.29, 1.82) is 0 Å². The van der Waals surface area contributed by atoms with Gasteiger partial charge in [-0.25, -0.2) is 0 Å². The Morgan fingerprint density at radius 1 is 0.909 bits per heavy atom. The smallest absolute Gasteiger partial charge is 0.247 e. The Morgan fingerprint density at radius 2 is 1.59 bits per heavy atom. The van der Waals surface area contributed by atoms with Crippen molar-refractivity contribution >= 4 is 41.5 Å². The van der Waals surface area contributed by atoms with Gasteiger partial charge >= 0.3 is 0 Å². The zero-order chi connectivity index (χ0) is 30.2. The van der Waals surface area contributed by atoms with Gasteiger partial charge in [-0.2, -0.15) is 5.21 Å². The van der Waals surface area contributed by atoms with Gasteiger partial charge in [0.2, 0.25) is 23.5 Å². The van der Waals surface area contributed by atoms with Crippen molar-refractivity contribution in [2.45, 2.75) is 45.1 Å². The second-order valence-electron chi connectivity index (χ2n) is 10.9. The number of H-pyrrole nitrogens is 1. The Balaban J connectivity index is 0.00000442. The molecule has 5 rings (SSSR count). The second-order valence-corrected chi connectivity index (χ2v) is 10.9. The molecule has 1 aromatic heterocycles. The minimum Gasteiger partial charge on any atom is -0.344 e. The summed E-state index contributed by atoms with van der Waals surface area (Å²) in [5.74, 6) is 0.207. The first kappa shape index (κ1) is 32.3. The molecule has 0 radical (unpaired) electrons. The first-order valence-electron chi connectivity index (χ1n) is 14.5. The monoisotopic (exact) mass is 616 g/mol. The SMILES string of the molecule is CC(=O)Nc1ccccc1-c1ccc(C[C@H](NC(=O)[C@H]2CC[C@H](CN)CC2)C(=O)Nc2ccc(-c3nn[nH]n3)cc2)cc1.Cl. The van der Waals surface area contributed by atoms with Crippen LogP contribution in [0.25, 0.3) is 22.5 Å². The van der Waals surface area contributed by atoms with Crippen molar-refractivity contribution in [3.8, 4) is 22.5 Å². The van der Waals surface area contributed by atoms with Crippen LogP contribution in [0.15, 0.2) is 72.8 Å². The molecule has 1 aliphatic carbocycles. The number of halogens is 1. The van der Waals surface area contributed by atoms with Crippen molar-refractivity contribution < 1.29 is 14.4 Å². The average Bonchev–Trinajstić information content (AvgIpc) is 3.57. The molecule has 1 atom stereocenters. The largest absolute Gasteiger partial charge is 0.344 e. The van der Waals surface area contributed by atoms with Crippen molar-refractivity contribution in [2.75, 3.05) is 17.2 Å². The van der Waals surface area contributed by atoms with Crippen LogP contribution < -0.4 is 21.7 Å². The summed E-state index contributed by atoms with van der Waals surface area (Å²) in [6, 6.07) is 21.7. The van der Waals surface area contributed by atoms with Crippen molar-refractivity contribution in [3.05, 3.63) is 78.4 Å². The molecule has 0 saturated heterocycles. The second kappa shape index (κ2) is 15.2. The lowest BCUT2D eigenvalue weighted by Crippen LogP contribution is -2.48. The highest BCUT2D eigenvalue weighted by molar-refractivity contribution is 5.98. The van der Waals surface area contributed by atoms with Crippen LogP contribution in [0.2, 0.25) is 0 Å². The minimum atomic E-state index is -0.783. The van der Waals surface area contributed by atoms with E-state index in [0.717, 1.165) is 53.6 Å². The van der Waals surface area contributed by atoms with Gasteiger partial charge in [-0.15, -0.1) is 22.6 Å². The molecule has 11 nitrogen and oxygen atoms in total. The molecular weight excluding hydrogens is 580 g/mol. The van der Waals surface area contributed by atoms with E-state index in [9.17, 15) is 14.4 Å². The molecule has 6 N–H and O–H groups in total. The van der Waals surface area contributed by atoms with Crippen LogP contribution in [0.4, 0.5) is 11.4 Å². The first-order valence-corrected chi connectivity index (χ1v) is 14.5. The molecule has 12 heteroatoms. The summed E-state index contributed by atoms with van der Waals surface area (Å²) in [4.78, 5) is 38.5. The Hall–Kier alpha value is -4.61. The predicted octanol–water partition coefficient (Wildman–Crippen LogP) is 4.35.